The number of aromatic nitrogens is 1. The highest BCUT2D eigenvalue weighted by Gasteiger charge is 2.13. The van der Waals surface area contributed by atoms with Crippen molar-refractivity contribution in [3.8, 4) is 0 Å². The lowest BCUT2D eigenvalue weighted by molar-refractivity contribution is 0.103. The van der Waals surface area contributed by atoms with Crippen molar-refractivity contribution < 1.29 is 4.79 Å². The summed E-state index contributed by atoms with van der Waals surface area (Å²) in [5.74, 6) is 0.959. The van der Waals surface area contributed by atoms with Crippen LogP contribution in [0.4, 0.5) is 5.82 Å². The van der Waals surface area contributed by atoms with Crippen LogP contribution >= 0.6 is 0 Å². The van der Waals surface area contributed by atoms with Crippen molar-refractivity contribution in [1.29, 1.82) is 0 Å². The molecule has 4 nitrogen and oxygen atoms in total. The minimum absolute atomic E-state index is 0.0185. The zero-order valence-corrected chi connectivity index (χ0v) is 11.2. The van der Waals surface area contributed by atoms with E-state index in [1.54, 1.807) is 6.20 Å². The van der Waals surface area contributed by atoms with E-state index in [0.29, 0.717) is 11.1 Å². The van der Waals surface area contributed by atoms with Gasteiger partial charge in [-0.05, 0) is 12.1 Å². The molecule has 0 saturated carbocycles. The fourth-order valence-corrected chi connectivity index (χ4v) is 2.36. The highest BCUT2D eigenvalue weighted by Crippen LogP contribution is 2.14. The quantitative estimate of drug-likeness (QED) is 0.860. The maximum absolute atomic E-state index is 12.3. The lowest BCUT2D eigenvalue weighted by atomic mass is 10.1. The maximum atomic E-state index is 12.3. The summed E-state index contributed by atoms with van der Waals surface area (Å²) in [6.45, 7) is 3.87. The van der Waals surface area contributed by atoms with Gasteiger partial charge in [-0.3, -0.25) is 4.79 Å². The predicted octanol–water partition coefficient (Wildman–Crippen LogP) is 1.72. The fraction of sp³-hybridized carbons (Fsp3) is 0.250. The molecule has 1 aromatic heterocycles. The zero-order valence-electron chi connectivity index (χ0n) is 11.2. The van der Waals surface area contributed by atoms with Gasteiger partial charge in [-0.2, -0.15) is 0 Å². The average Bonchev–Trinajstić information content (AvgIpc) is 2.56. The van der Waals surface area contributed by atoms with E-state index in [1.807, 2.05) is 42.5 Å². The minimum Gasteiger partial charge on any atom is -0.354 e. The van der Waals surface area contributed by atoms with Crippen molar-refractivity contribution in [1.82, 2.24) is 10.3 Å². The number of anilines is 1. The van der Waals surface area contributed by atoms with Crippen molar-refractivity contribution in [3.05, 3.63) is 59.8 Å². The molecule has 3 rings (SSSR count). The summed E-state index contributed by atoms with van der Waals surface area (Å²) in [6.07, 6.45) is 1.67. The summed E-state index contributed by atoms with van der Waals surface area (Å²) >= 11 is 0. The molecule has 1 fully saturated rings. The zero-order chi connectivity index (χ0) is 13.8. The van der Waals surface area contributed by atoms with Crippen LogP contribution in [0.2, 0.25) is 0 Å². The predicted molar refractivity (Wildman–Crippen MR) is 79.2 cm³/mol. The molecule has 1 aromatic carbocycles. The Morgan fingerprint density at radius 3 is 2.40 bits per heavy atom. The summed E-state index contributed by atoms with van der Waals surface area (Å²) < 4.78 is 0. The number of nitrogens with one attached hydrogen (secondary N) is 1. The number of piperazine rings is 1. The molecule has 4 heteroatoms. The smallest absolute Gasteiger partial charge is 0.194 e. The van der Waals surface area contributed by atoms with Crippen LogP contribution in [-0.2, 0) is 0 Å². The number of nitrogens with zero attached hydrogens (tertiary/aromatic N) is 2. The molecule has 2 aromatic rings. The molecule has 0 amide bonds. The van der Waals surface area contributed by atoms with E-state index in [4.69, 9.17) is 0 Å². The first-order valence-corrected chi connectivity index (χ1v) is 6.86. The topological polar surface area (TPSA) is 45.2 Å². The Hall–Kier alpha value is -2.20. The molecule has 0 atom stereocenters. The second-order valence-corrected chi connectivity index (χ2v) is 4.84. The first kappa shape index (κ1) is 12.8. The van der Waals surface area contributed by atoms with E-state index < -0.39 is 0 Å². The first-order valence-electron chi connectivity index (χ1n) is 6.86. The van der Waals surface area contributed by atoms with Crippen LogP contribution in [0, 0.1) is 0 Å². The van der Waals surface area contributed by atoms with Crippen molar-refractivity contribution in [2.24, 2.45) is 0 Å². The third kappa shape index (κ3) is 2.70. The fourth-order valence-electron chi connectivity index (χ4n) is 2.36. The number of carbonyl (C=O) groups excluding carboxylic acids is 1. The highest BCUT2D eigenvalue weighted by atomic mass is 16.1. The molecule has 0 aliphatic carbocycles. The van der Waals surface area contributed by atoms with Crippen molar-refractivity contribution in [2.75, 3.05) is 31.1 Å². The number of hydrogen-bond acceptors (Lipinski definition) is 4. The minimum atomic E-state index is 0.0185. The number of ketones is 1. The SMILES string of the molecule is O=C(c1ccccc1)c1ccc(N2CCNCC2)nc1. The molecule has 1 aliphatic heterocycles. The molecule has 20 heavy (non-hydrogen) atoms. The summed E-state index contributed by atoms with van der Waals surface area (Å²) in [5, 5.41) is 3.31. The second kappa shape index (κ2) is 5.84. The Morgan fingerprint density at radius 2 is 1.75 bits per heavy atom. The largest absolute Gasteiger partial charge is 0.354 e. The van der Waals surface area contributed by atoms with Crippen molar-refractivity contribution in [2.45, 2.75) is 0 Å². The third-order valence-corrected chi connectivity index (χ3v) is 3.49. The lowest BCUT2D eigenvalue weighted by Crippen LogP contribution is -2.43. The second-order valence-electron chi connectivity index (χ2n) is 4.84. The van der Waals surface area contributed by atoms with Gasteiger partial charge in [0.15, 0.2) is 5.78 Å². The molecule has 0 bridgehead atoms. The van der Waals surface area contributed by atoms with E-state index in [9.17, 15) is 4.79 Å². The van der Waals surface area contributed by atoms with E-state index in [0.717, 1.165) is 32.0 Å². The standard InChI is InChI=1S/C16H17N3O/c20-16(13-4-2-1-3-5-13)14-6-7-15(18-12-14)19-10-8-17-9-11-19/h1-7,12,17H,8-11H2. The Kier molecular flexibility index (Phi) is 3.74. The van der Waals surface area contributed by atoms with Gasteiger partial charge in [0.1, 0.15) is 5.82 Å². The Morgan fingerprint density at radius 1 is 1.00 bits per heavy atom. The Bertz CT molecular complexity index is 574. The van der Waals surface area contributed by atoms with Gasteiger partial charge in [0.25, 0.3) is 0 Å². The molecule has 1 saturated heterocycles. The Labute approximate surface area is 118 Å². The van der Waals surface area contributed by atoms with Crippen molar-refractivity contribution >= 4 is 11.6 Å². The van der Waals surface area contributed by atoms with E-state index >= 15 is 0 Å². The summed E-state index contributed by atoms with van der Waals surface area (Å²) in [6, 6.07) is 13.1. The van der Waals surface area contributed by atoms with Gasteiger partial charge >= 0.3 is 0 Å². The van der Waals surface area contributed by atoms with E-state index in [1.165, 1.54) is 0 Å². The van der Waals surface area contributed by atoms with Crippen LogP contribution in [0.1, 0.15) is 15.9 Å². The molecular weight excluding hydrogens is 250 g/mol. The number of pyridine rings is 1. The monoisotopic (exact) mass is 267 g/mol. The summed E-state index contributed by atoms with van der Waals surface area (Å²) in [5.41, 5.74) is 1.33. The van der Waals surface area contributed by atoms with E-state index in [2.05, 4.69) is 15.2 Å². The molecule has 0 radical (unpaired) electrons. The van der Waals surface area contributed by atoms with Gasteiger partial charge in [-0.15, -0.1) is 0 Å². The number of carbonyl (C=O) groups is 1. The normalized spacial score (nSPS) is 15.1. The first-order chi connectivity index (χ1) is 9.84. The van der Waals surface area contributed by atoms with Gasteiger partial charge in [-0.1, -0.05) is 30.3 Å². The van der Waals surface area contributed by atoms with Gasteiger partial charge < -0.3 is 10.2 Å². The maximum Gasteiger partial charge on any atom is 0.194 e. The van der Waals surface area contributed by atoms with Gasteiger partial charge in [0.05, 0.1) is 0 Å². The lowest BCUT2D eigenvalue weighted by Gasteiger charge is -2.28. The van der Waals surface area contributed by atoms with Crippen molar-refractivity contribution in [3.63, 3.8) is 0 Å². The van der Waals surface area contributed by atoms with Crippen LogP contribution in [-0.4, -0.2) is 36.9 Å². The summed E-state index contributed by atoms with van der Waals surface area (Å²) in [4.78, 5) is 18.9. The van der Waals surface area contributed by atoms with Gasteiger partial charge in [0, 0.05) is 43.5 Å². The number of hydrogen-bond donors (Lipinski definition) is 1. The van der Waals surface area contributed by atoms with Crippen LogP contribution in [0.5, 0.6) is 0 Å². The molecular formula is C16H17N3O. The average molecular weight is 267 g/mol. The van der Waals surface area contributed by atoms with Crippen LogP contribution in [0.25, 0.3) is 0 Å². The number of benzene rings is 1. The molecule has 2 heterocycles. The van der Waals surface area contributed by atoms with Gasteiger partial charge in [-0.25, -0.2) is 4.98 Å². The number of rotatable bonds is 3. The molecule has 1 N–H and O–H groups in total. The van der Waals surface area contributed by atoms with E-state index in [-0.39, 0.29) is 5.78 Å². The molecule has 102 valence electrons. The molecule has 0 spiro atoms. The molecule has 1 aliphatic rings. The summed E-state index contributed by atoms with van der Waals surface area (Å²) in [7, 11) is 0. The van der Waals surface area contributed by atoms with Gasteiger partial charge in [0.2, 0.25) is 0 Å². The van der Waals surface area contributed by atoms with Crippen LogP contribution in [0.3, 0.4) is 0 Å². The Balaban J connectivity index is 1.77. The highest BCUT2D eigenvalue weighted by molar-refractivity contribution is 6.08. The van der Waals surface area contributed by atoms with Crippen LogP contribution < -0.4 is 10.2 Å². The van der Waals surface area contributed by atoms with Crippen LogP contribution in [0.15, 0.2) is 48.7 Å². The molecule has 0 unspecified atom stereocenters. The third-order valence-electron chi connectivity index (χ3n) is 3.49.